The molecule has 1 aliphatic heterocycles. The van der Waals surface area contributed by atoms with Gasteiger partial charge in [-0.3, -0.25) is 4.79 Å². The van der Waals surface area contributed by atoms with Gasteiger partial charge in [0.15, 0.2) is 0 Å². The molecule has 0 spiro atoms. The number of hydrogen-bond donors (Lipinski definition) is 1. The fourth-order valence-corrected chi connectivity index (χ4v) is 7.56. The van der Waals surface area contributed by atoms with E-state index in [2.05, 4.69) is 60.6 Å². The quantitative estimate of drug-likeness (QED) is 0.196. The van der Waals surface area contributed by atoms with Gasteiger partial charge in [0.2, 0.25) is 5.88 Å². The van der Waals surface area contributed by atoms with Crippen LogP contribution in [0.15, 0.2) is 66.9 Å². The highest BCUT2D eigenvalue weighted by Gasteiger charge is 2.29. The van der Waals surface area contributed by atoms with Crippen molar-refractivity contribution in [1.82, 2.24) is 14.7 Å². The number of aromatic nitrogens is 2. The molecule has 2 aliphatic rings. The molecule has 1 aliphatic carbocycles. The molecule has 8 heteroatoms. The molecule has 2 atom stereocenters. The van der Waals surface area contributed by atoms with Crippen LogP contribution in [0.4, 0.5) is 0 Å². The fourth-order valence-electron chi connectivity index (χ4n) is 7.56. The molecule has 1 fully saturated rings. The van der Waals surface area contributed by atoms with Gasteiger partial charge < -0.3 is 19.5 Å². The molecule has 47 heavy (non-hydrogen) atoms. The van der Waals surface area contributed by atoms with E-state index in [1.807, 2.05) is 12.1 Å². The number of aryl methyl sites for hydroxylation is 2. The molecule has 0 saturated carbocycles. The van der Waals surface area contributed by atoms with Crippen LogP contribution in [-0.4, -0.2) is 64.6 Å². The van der Waals surface area contributed by atoms with E-state index in [-0.39, 0.29) is 12.5 Å². The maximum Gasteiger partial charge on any atom is 0.345 e. The second kappa shape index (κ2) is 14.1. The number of hydrogen-bond acceptors (Lipinski definition) is 6. The van der Waals surface area contributed by atoms with E-state index in [1.54, 1.807) is 23.4 Å². The third kappa shape index (κ3) is 6.57. The monoisotopic (exact) mass is 635 g/mol. The molecule has 1 saturated heterocycles. The number of methoxy groups -OCH3 is 1. The summed E-state index contributed by atoms with van der Waals surface area (Å²) in [4.78, 5) is 26.6. The number of ether oxygens (including phenoxy) is 2. The SMILES string of the molecule is CCOC(=O)c1cnn(-c2cccc(-c3cccc4c3C(Cc3ccc(C5CCN(C(=O)C(C)O)CC5)c(CC)c3)CC4)c2)c1OC. The first-order chi connectivity index (χ1) is 22.8. The molecular weight excluding hydrogens is 590 g/mol. The Balaban J connectivity index is 1.24. The van der Waals surface area contributed by atoms with E-state index in [0.717, 1.165) is 49.8 Å². The van der Waals surface area contributed by atoms with Gasteiger partial charge in [-0.1, -0.05) is 55.5 Å². The van der Waals surface area contributed by atoms with E-state index >= 15 is 0 Å². The zero-order valence-electron chi connectivity index (χ0n) is 27.9. The van der Waals surface area contributed by atoms with Crippen LogP contribution in [0.1, 0.15) is 90.0 Å². The summed E-state index contributed by atoms with van der Waals surface area (Å²) in [5, 5.41) is 14.2. The Bertz CT molecular complexity index is 1750. The minimum Gasteiger partial charge on any atom is -0.480 e. The molecule has 3 aromatic carbocycles. The number of amides is 1. The topological polar surface area (TPSA) is 93.9 Å². The summed E-state index contributed by atoms with van der Waals surface area (Å²) >= 11 is 0. The van der Waals surface area contributed by atoms with Crippen molar-refractivity contribution < 1.29 is 24.2 Å². The van der Waals surface area contributed by atoms with E-state index in [0.29, 0.717) is 36.4 Å². The number of likely N-dealkylation sites (tertiary alicyclic amines) is 1. The first-order valence-electron chi connectivity index (χ1n) is 16.9. The van der Waals surface area contributed by atoms with Gasteiger partial charge in [0.25, 0.3) is 5.91 Å². The number of benzene rings is 3. The minimum absolute atomic E-state index is 0.165. The Morgan fingerprint density at radius 2 is 1.81 bits per heavy atom. The van der Waals surface area contributed by atoms with Gasteiger partial charge in [-0.05, 0) is 115 Å². The Hall–Kier alpha value is -4.43. The lowest BCUT2D eigenvalue weighted by molar-refractivity contribution is -0.140. The average Bonchev–Trinajstić information content (AvgIpc) is 3.72. The molecule has 2 unspecified atom stereocenters. The first-order valence-corrected chi connectivity index (χ1v) is 16.9. The van der Waals surface area contributed by atoms with Crippen molar-refractivity contribution in [1.29, 1.82) is 0 Å². The molecule has 1 aromatic heterocycles. The Kier molecular flexibility index (Phi) is 9.78. The van der Waals surface area contributed by atoms with Gasteiger partial charge in [0, 0.05) is 13.1 Å². The zero-order chi connectivity index (χ0) is 33.1. The van der Waals surface area contributed by atoms with Crippen LogP contribution in [-0.2, 0) is 28.8 Å². The van der Waals surface area contributed by atoms with Crippen molar-refractivity contribution in [2.75, 3.05) is 26.8 Å². The summed E-state index contributed by atoms with van der Waals surface area (Å²) in [5.41, 5.74) is 10.4. The van der Waals surface area contributed by atoms with Crippen LogP contribution in [0, 0.1) is 0 Å². The summed E-state index contributed by atoms with van der Waals surface area (Å²) in [6.07, 6.45) is 6.55. The van der Waals surface area contributed by atoms with Gasteiger partial charge in [-0.25, -0.2) is 9.48 Å². The van der Waals surface area contributed by atoms with Crippen LogP contribution in [0.5, 0.6) is 5.88 Å². The number of piperidine rings is 1. The average molecular weight is 636 g/mol. The van der Waals surface area contributed by atoms with Gasteiger partial charge in [-0.2, -0.15) is 5.10 Å². The Morgan fingerprint density at radius 3 is 2.53 bits per heavy atom. The Labute approximate surface area is 277 Å². The highest BCUT2D eigenvalue weighted by molar-refractivity contribution is 5.92. The molecular formula is C39H45N3O5. The van der Waals surface area contributed by atoms with Gasteiger partial charge in [0.05, 0.1) is 25.6 Å². The maximum atomic E-state index is 12.5. The molecule has 0 radical (unpaired) electrons. The molecule has 8 nitrogen and oxygen atoms in total. The maximum absolute atomic E-state index is 12.5. The molecule has 1 amide bonds. The predicted octanol–water partition coefficient (Wildman–Crippen LogP) is 6.65. The van der Waals surface area contributed by atoms with Gasteiger partial charge in [-0.15, -0.1) is 0 Å². The number of carbonyl (C=O) groups excluding carboxylic acids is 2. The largest absolute Gasteiger partial charge is 0.480 e. The van der Waals surface area contributed by atoms with Crippen molar-refractivity contribution in [3.63, 3.8) is 0 Å². The number of aliphatic hydroxyl groups excluding tert-OH is 1. The number of esters is 1. The van der Waals surface area contributed by atoms with Crippen LogP contribution in [0.25, 0.3) is 16.8 Å². The van der Waals surface area contributed by atoms with Crippen LogP contribution in [0.3, 0.4) is 0 Å². The van der Waals surface area contributed by atoms with E-state index in [4.69, 9.17) is 9.47 Å². The number of fused-ring (bicyclic) bond motifs is 1. The Morgan fingerprint density at radius 1 is 1.02 bits per heavy atom. The predicted molar refractivity (Wildman–Crippen MR) is 182 cm³/mol. The second-order valence-electron chi connectivity index (χ2n) is 12.7. The standard InChI is InChI=1S/C39H45N3O5/c1-5-27-21-26(13-16-33(27)28-17-19-41(20-18-28)37(44)25(3)43)22-31-15-14-29-9-8-12-34(36(29)31)30-10-7-11-32(23-30)42-38(46-4)35(24-40-42)39(45)47-6-2/h7-13,16,21,23-25,28,31,43H,5-6,14-15,17-20,22H2,1-4H3. The number of aliphatic hydroxyl groups is 1. The number of nitrogens with zero attached hydrogens (tertiary/aromatic N) is 3. The van der Waals surface area contributed by atoms with Crippen LogP contribution < -0.4 is 4.74 Å². The molecule has 1 N–H and O–H groups in total. The van der Waals surface area contributed by atoms with Crippen molar-refractivity contribution in [3.8, 4) is 22.7 Å². The smallest absolute Gasteiger partial charge is 0.345 e. The molecule has 246 valence electrons. The third-order valence-electron chi connectivity index (χ3n) is 9.86. The number of rotatable bonds is 10. The van der Waals surface area contributed by atoms with E-state index in [1.165, 1.54) is 46.7 Å². The zero-order valence-corrected chi connectivity index (χ0v) is 27.9. The van der Waals surface area contributed by atoms with Crippen molar-refractivity contribution in [2.24, 2.45) is 0 Å². The van der Waals surface area contributed by atoms with Crippen molar-refractivity contribution in [3.05, 3.63) is 100 Å². The summed E-state index contributed by atoms with van der Waals surface area (Å²) in [6, 6.07) is 21.9. The lowest BCUT2D eigenvalue weighted by Crippen LogP contribution is -2.42. The molecule has 4 aromatic rings. The second-order valence-corrected chi connectivity index (χ2v) is 12.7. The lowest BCUT2D eigenvalue weighted by Gasteiger charge is -2.34. The fraction of sp³-hybridized carbons (Fsp3) is 0.410. The highest BCUT2D eigenvalue weighted by atomic mass is 16.5. The van der Waals surface area contributed by atoms with E-state index < -0.39 is 12.1 Å². The first kappa shape index (κ1) is 32.5. The molecule has 2 heterocycles. The minimum atomic E-state index is -0.937. The van der Waals surface area contributed by atoms with Gasteiger partial charge >= 0.3 is 5.97 Å². The van der Waals surface area contributed by atoms with Crippen molar-refractivity contribution >= 4 is 11.9 Å². The lowest BCUT2D eigenvalue weighted by atomic mass is 9.83. The highest BCUT2D eigenvalue weighted by Crippen LogP contribution is 2.43. The summed E-state index contributed by atoms with van der Waals surface area (Å²) in [7, 11) is 1.54. The van der Waals surface area contributed by atoms with Gasteiger partial charge in [0.1, 0.15) is 11.7 Å². The summed E-state index contributed by atoms with van der Waals surface area (Å²) in [5.74, 6) is 0.575. The molecule has 6 rings (SSSR count). The number of carbonyl (C=O) groups is 2. The van der Waals surface area contributed by atoms with Crippen LogP contribution >= 0.6 is 0 Å². The van der Waals surface area contributed by atoms with Crippen LogP contribution in [0.2, 0.25) is 0 Å². The molecule has 0 bridgehead atoms. The third-order valence-corrected chi connectivity index (χ3v) is 9.86. The van der Waals surface area contributed by atoms with E-state index in [9.17, 15) is 14.7 Å². The van der Waals surface area contributed by atoms with Crippen molar-refractivity contribution in [2.45, 2.75) is 77.2 Å². The summed E-state index contributed by atoms with van der Waals surface area (Å²) in [6.45, 7) is 7.23. The normalized spacial score (nSPS) is 17.0. The summed E-state index contributed by atoms with van der Waals surface area (Å²) < 4.78 is 12.5.